The molecule has 1 N–H and O–H groups in total. The monoisotopic (exact) mass is 324 g/mol. The van der Waals surface area contributed by atoms with Gasteiger partial charge in [-0.1, -0.05) is 22.0 Å². The number of halogens is 1. The Labute approximate surface area is 118 Å². The molecule has 18 heavy (non-hydrogen) atoms. The van der Waals surface area contributed by atoms with Gasteiger partial charge in [0.1, 0.15) is 0 Å². The van der Waals surface area contributed by atoms with E-state index in [1.165, 1.54) is 0 Å². The van der Waals surface area contributed by atoms with Crippen molar-refractivity contribution in [3.8, 4) is 0 Å². The molecule has 1 aromatic heterocycles. The lowest BCUT2D eigenvalue weighted by atomic mass is 10.2. The van der Waals surface area contributed by atoms with Crippen LogP contribution in [0, 0.1) is 13.8 Å². The predicted octanol–water partition coefficient (Wildman–Crippen LogP) is 3.45. The molecular formula is C13H13BrN2OS. The van der Waals surface area contributed by atoms with Crippen molar-refractivity contribution < 1.29 is 4.79 Å². The van der Waals surface area contributed by atoms with E-state index >= 15 is 0 Å². The summed E-state index contributed by atoms with van der Waals surface area (Å²) >= 11 is 4.97. The van der Waals surface area contributed by atoms with Gasteiger partial charge < -0.3 is 5.32 Å². The van der Waals surface area contributed by atoms with Gasteiger partial charge in [-0.2, -0.15) is 0 Å². The predicted molar refractivity (Wildman–Crippen MR) is 76.9 cm³/mol. The first-order valence-corrected chi connectivity index (χ1v) is 7.14. The number of benzene rings is 1. The summed E-state index contributed by atoms with van der Waals surface area (Å²) in [6, 6.07) is 7.35. The lowest BCUT2D eigenvalue weighted by molar-refractivity contribution is 0.0951. The molecule has 0 saturated heterocycles. The van der Waals surface area contributed by atoms with Crippen molar-refractivity contribution in [2.75, 3.05) is 0 Å². The van der Waals surface area contributed by atoms with Gasteiger partial charge in [0, 0.05) is 14.9 Å². The van der Waals surface area contributed by atoms with E-state index in [1.807, 2.05) is 26.0 Å². The molecule has 1 heterocycles. The Balaban J connectivity index is 2.02. The number of hydrogen-bond acceptors (Lipinski definition) is 3. The van der Waals surface area contributed by atoms with E-state index < -0.39 is 0 Å². The number of aryl methyl sites for hydroxylation is 2. The van der Waals surface area contributed by atoms with E-state index in [9.17, 15) is 4.79 Å². The first-order chi connectivity index (χ1) is 8.56. The van der Waals surface area contributed by atoms with E-state index in [0.717, 1.165) is 20.1 Å². The maximum Gasteiger partial charge on any atom is 0.251 e. The second kappa shape index (κ2) is 5.63. The highest BCUT2D eigenvalue weighted by molar-refractivity contribution is 9.10. The van der Waals surface area contributed by atoms with E-state index in [2.05, 4.69) is 26.2 Å². The number of nitrogens with one attached hydrogen (secondary N) is 1. The largest absolute Gasteiger partial charge is 0.347 e. The van der Waals surface area contributed by atoms with Gasteiger partial charge in [0.25, 0.3) is 5.91 Å². The van der Waals surface area contributed by atoms with Crippen LogP contribution in [0.25, 0.3) is 0 Å². The average molecular weight is 325 g/mol. The van der Waals surface area contributed by atoms with Crippen LogP contribution in [0.1, 0.15) is 25.9 Å². The number of amides is 1. The average Bonchev–Trinajstić information content (AvgIpc) is 2.65. The Hall–Kier alpha value is -1.20. The molecule has 0 radical (unpaired) electrons. The maximum atomic E-state index is 11.9. The summed E-state index contributed by atoms with van der Waals surface area (Å²) in [7, 11) is 0. The van der Waals surface area contributed by atoms with Crippen LogP contribution < -0.4 is 5.32 Å². The first kappa shape index (κ1) is 13.2. The normalized spacial score (nSPS) is 10.4. The fraction of sp³-hybridized carbons (Fsp3) is 0.231. The van der Waals surface area contributed by atoms with Crippen LogP contribution in [-0.4, -0.2) is 10.9 Å². The zero-order valence-corrected chi connectivity index (χ0v) is 12.6. The molecule has 0 aliphatic rings. The van der Waals surface area contributed by atoms with Crippen LogP contribution in [0.15, 0.2) is 28.7 Å². The van der Waals surface area contributed by atoms with Crippen molar-refractivity contribution in [2.24, 2.45) is 0 Å². The van der Waals surface area contributed by atoms with Crippen LogP contribution in [0.2, 0.25) is 0 Å². The molecule has 3 nitrogen and oxygen atoms in total. The van der Waals surface area contributed by atoms with Gasteiger partial charge in [-0.05, 0) is 32.0 Å². The van der Waals surface area contributed by atoms with Crippen LogP contribution >= 0.6 is 27.3 Å². The molecule has 2 aromatic rings. The summed E-state index contributed by atoms with van der Waals surface area (Å²) in [5, 5.41) is 3.93. The fourth-order valence-corrected chi connectivity index (χ4v) is 2.91. The Morgan fingerprint density at radius 3 is 2.83 bits per heavy atom. The summed E-state index contributed by atoms with van der Waals surface area (Å²) < 4.78 is 0.903. The summed E-state index contributed by atoms with van der Waals surface area (Å²) in [5.41, 5.74) is 1.65. The number of thiazole rings is 1. The molecule has 0 atom stereocenters. The fourth-order valence-electron chi connectivity index (χ4n) is 1.63. The molecule has 1 aromatic carbocycles. The van der Waals surface area contributed by atoms with Crippen LogP contribution in [-0.2, 0) is 6.54 Å². The topological polar surface area (TPSA) is 42.0 Å². The molecule has 0 bridgehead atoms. The minimum absolute atomic E-state index is 0.0678. The van der Waals surface area contributed by atoms with Gasteiger partial charge >= 0.3 is 0 Å². The maximum absolute atomic E-state index is 11.9. The Morgan fingerprint density at radius 1 is 1.44 bits per heavy atom. The molecule has 0 aliphatic carbocycles. The van der Waals surface area contributed by atoms with Crippen molar-refractivity contribution in [1.29, 1.82) is 0 Å². The van der Waals surface area contributed by atoms with E-state index in [0.29, 0.717) is 12.1 Å². The third kappa shape index (κ3) is 3.17. The zero-order valence-electron chi connectivity index (χ0n) is 10.2. The standard InChI is InChI=1S/C13H13BrN2OS/c1-8-12(18-9(2)16-8)7-15-13(17)10-4-3-5-11(14)6-10/h3-6H,7H2,1-2H3,(H,15,17). The molecule has 0 fully saturated rings. The number of aromatic nitrogens is 1. The molecule has 94 valence electrons. The number of carbonyl (C=O) groups excluding carboxylic acids is 1. The van der Waals surface area contributed by atoms with Crippen LogP contribution in [0.5, 0.6) is 0 Å². The Kier molecular flexibility index (Phi) is 4.14. The molecule has 0 unspecified atom stereocenters. The van der Waals surface area contributed by atoms with Crippen molar-refractivity contribution in [1.82, 2.24) is 10.3 Å². The van der Waals surface area contributed by atoms with Crippen LogP contribution in [0.3, 0.4) is 0 Å². The quantitative estimate of drug-likeness (QED) is 0.939. The van der Waals surface area contributed by atoms with Gasteiger partial charge in [0.05, 0.1) is 17.2 Å². The number of rotatable bonds is 3. The summed E-state index contributed by atoms with van der Waals surface area (Å²) in [5.74, 6) is -0.0678. The van der Waals surface area contributed by atoms with E-state index in [1.54, 1.807) is 23.5 Å². The van der Waals surface area contributed by atoms with E-state index in [-0.39, 0.29) is 5.91 Å². The summed E-state index contributed by atoms with van der Waals surface area (Å²) in [4.78, 5) is 17.4. The minimum Gasteiger partial charge on any atom is -0.347 e. The Bertz CT molecular complexity index is 580. The summed E-state index contributed by atoms with van der Waals surface area (Å²) in [6.45, 7) is 4.46. The van der Waals surface area contributed by atoms with Crippen molar-refractivity contribution in [2.45, 2.75) is 20.4 Å². The molecule has 5 heteroatoms. The molecular weight excluding hydrogens is 312 g/mol. The lowest BCUT2D eigenvalue weighted by Crippen LogP contribution is -2.22. The van der Waals surface area contributed by atoms with Crippen molar-refractivity contribution in [3.63, 3.8) is 0 Å². The van der Waals surface area contributed by atoms with Gasteiger partial charge in [0.15, 0.2) is 0 Å². The molecule has 1 amide bonds. The van der Waals surface area contributed by atoms with Crippen molar-refractivity contribution >= 4 is 33.2 Å². The summed E-state index contributed by atoms with van der Waals surface area (Å²) in [6.07, 6.45) is 0. The first-order valence-electron chi connectivity index (χ1n) is 5.53. The zero-order chi connectivity index (χ0) is 13.1. The van der Waals surface area contributed by atoms with Gasteiger partial charge in [0.2, 0.25) is 0 Å². The third-order valence-corrected chi connectivity index (χ3v) is 4.06. The van der Waals surface area contributed by atoms with Gasteiger partial charge in [-0.3, -0.25) is 4.79 Å². The molecule has 0 saturated carbocycles. The highest BCUT2D eigenvalue weighted by Crippen LogP contribution is 2.17. The van der Waals surface area contributed by atoms with Crippen LogP contribution in [0.4, 0.5) is 0 Å². The second-order valence-corrected chi connectivity index (χ2v) is 6.14. The number of nitrogens with zero attached hydrogens (tertiary/aromatic N) is 1. The molecule has 0 aliphatic heterocycles. The number of carbonyl (C=O) groups is 1. The molecule has 0 spiro atoms. The minimum atomic E-state index is -0.0678. The highest BCUT2D eigenvalue weighted by atomic mass is 79.9. The smallest absolute Gasteiger partial charge is 0.251 e. The van der Waals surface area contributed by atoms with Crippen molar-refractivity contribution in [3.05, 3.63) is 49.9 Å². The highest BCUT2D eigenvalue weighted by Gasteiger charge is 2.08. The second-order valence-electron chi connectivity index (χ2n) is 3.93. The Morgan fingerprint density at radius 2 is 2.22 bits per heavy atom. The SMILES string of the molecule is Cc1nc(C)c(CNC(=O)c2cccc(Br)c2)s1. The van der Waals surface area contributed by atoms with Gasteiger partial charge in [-0.25, -0.2) is 4.98 Å². The third-order valence-electron chi connectivity index (χ3n) is 2.50. The molecule has 2 rings (SSSR count). The van der Waals surface area contributed by atoms with Gasteiger partial charge in [-0.15, -0.1) is 11.3 Å². The van der Waals surface area contributed by atoms with E-state index in [4.69, 9.17) is 0 Å². The number of hydrogen-bond donors (Lipinski definition) is 1. The lowest BCUT2D eigenvalue weighted by Gasteiger charge is -2.04.